The monoisotopic (exact) mass is 291 g/mol. The molecule has 2 aromatic rings. The number of benzene rings is 1. The number of ether oxygens (including phenoxy) is 1. The van der Waals surface area contributed by atoms with Gasteiger partial charge in [-0.05, 0) is 18.6 Å². The summed E-state index contributed by atoms with van der Waals surface area (Å²) < 4.78 is 5.64. The summed E-state index contributed by atoms with van der Waals surface area (Å²) in [6, 6.07) is 9.52. The lowest BCUT2D eigenvalue weighted by Crippen LogP contribution is -2.30. The molecule has 0 aliphatic rings. The van der Waals surface area contributed by atoms with Crippen LogP contribution < -0.4 is 16.0 Å². The smallest absolute Gasteiger partial charge is 0.277 e. The van der Waals surface area contributed by atoms with Crippen LogP contribution in [0.1, 0.15) is 33.7 Å². The van der Waals surface area contributed by atoms with Crippen molar-refractivity contribution in [3.8, 4) is 5.75 Å². The highest BCUT2D eigenvalue weighted by Gasteiger charge is 2.16. The van der Waals surface area contributed by atoms with Gasteiger partial charge in [-0.1, -0.05) is 31.5 Å². The summed E-state index contributed by atoms with van der Waals surface area (Å²) in [4.78, 5) is 16.7. The lowest BCUT2D eigenvalue weighted by molar-refractivity contribution is 0.0956. The molecule has 0 bridgehead atoms. The van der Waals surface area contributed by atoms with Crippen LogP contribution in [-0.2, 0) is 13.0 Å². The first-order valence-corrected chi connectivity index (χ1v) is 7.23. The number of para-hydroxylation sites is 1. The van der Waals surface area contributed by atoms with Crippen molar-refractivity contribution in [3.05, 3.63) is 45.9 Å². The number of hydrazine groups is 1. The van der Waals surface area contributed by atoms with Crippen molar-refractivity contribution < 1.29 is 9.53 Å². The maximum atomic E-state index is 11.7. The molecule has 20 heavy (non-hydrogen) atoms. The molecule has 1 amide bonds. The van der Waals surface area contributed by atoms with Gasteiger partial charge in [0, 0.05) is 0 Å². The highest BCUT2D eigenvalue weighted by molar-refractivity contribution is 7.13. The summed E-state index contributed by atoms with van der Waals surface area (Å²) >= 11 is 1.32. The number of rotatable bonds is 6. The summed E-state index contributed by atoms with van der Waals surface area (Å²) in [6.07, 6.45) is 1.68. The molecule has 0 saturated heterocycles. The van der Waals surface area contributed by atoms with Gasteiger partial charge in [-0.3, -0.25) is 10.2 Å². The van der Waals surface area contributed by atoms with Crippen molar-refractivity contribution in [1.82, 2.24) is 10.4 Å². The zero-order valence-corrected chi connectivity index (χ0v) is 12.1. The van der Waals surface area contributed by atoms with Crippen LogP contribution in [0.2, 0.25) is 0 Å². The summed E-state index contributed by atoms with van der Waals surface area (Å²) in [5.74, 6) is 5.68. The minimum Gasteiger partial charge on any atom is -0.486 e. The Bertz CT molecular complexity index is 569. The molecular formula is C14H17N3O2S. The molecule has 106 valence electrons. The Hall–Kier alpha value is -1.92. The lowest BCUT2D eigenvalue weighted by Gasteiger charge is -2.02. The molecule has 0 aliphatic heterocycles. The molecule has 0 atom stereocenters. The highest BCUT2D eigenvalue weighted by atomic mass is 32.1. The number of thiazole rings is 1. The molecule has 1 aromatic heterocycles. The fraction of sp³-hybridized carbons (Fsp3) is 0.286. The Balaban J connectivity index is 2.10. The van der Waals surface area contributed by atoms with E-state index < -0.39 is 0 Å². The Kier molecular flexibility index (Phi) is 5.09. The molecule has 5 nitrogen and oxygen atoms in total. The third-order valence-electron chi connectivity index (χ3n) is 2.67. The van der Waals surface area contributed by atoms with Crippen LogP contribution in [0.25, 0.3) is 0 Å². The standard InChI is InChI=1S/C14H17N3O2S/c1-2-6-11-13(14(18)17-15)20-12(16-11)9-19-10-7-4-3-5-8-10/h3-5,7-8H,2,6,9,15H2,1H3,(H,17,18). The molecule has 2 rings (SSSR count). The second-order valence-corrected chi connectivity index (χ2v) is 5.29. The Morgan fingerprint density at radius 3 is 2.80 bits per heavy atom. The summed E-state index contributed by atoms with van der Waals surface area (Å²) in [5, 5.41) is 0.774. The predicted molar refractivity (Wildman–Crippen MR) is 78.5 cm³/mol. The number of carbonyl (C=O) groups excluding carboxylic acids is 1. The molecule has 6 heteroatoms. The van der Waals surface area contributed by atoms with E-state index >= 15 is 0 Å². The maximum Gasteiger partial charge on any atom is 0.277 e. The number of aryl methyl sites for hydroxylation is 1. The number of nitrogens with two attached hydrogens (primary N) is 1. The molecule has 3 N–H and O–H groups in total. The second kappa shape index (κ2) is 7.02. The van der Waals surface area contributed by atoms with Crippen LogP contribution >= 0.6 is 11.3 Å². The van der Waals surface area contributed by atoms with E-state index in [9.17, 15) is 4.79 Å². The molecule has 0 spiro atoms. The van der Waals surface area contributed by atoms with Crippen LogP contribution in [0.3, 0.4) is 0 Å². The highest BCUT2D eigenvalue weighted by Crippen LogP contribution is 2.21. The van der Waals surface area contributed by atoms with Gasteiger partial charge in [0.15, 0.2) is 0 Å². The van der Waals surface area contributed by atoms with Gasteiger partial charge in [-0.2, -0.15) is 0 Å². The van der Waals surface area contributed by atoms with E-state index in [4.69, 9.17) is 10.6 Å². The first-order chi connectivity index (χ1) is 9.74. The number of carbonyl (C=O) groups is 1. The maximum absolute atomic E-state index is 11.7. The van der Waals surface area contributed by atoms with Crippen molar-refractivity contribution >= 4 is 17.2 Å². The van der Waals surface area contributed by atoms with Gasteiger partial charge in [-0.25, -0.2) is 10.8 Å². The minimum absolute atomic E-state index is 0.295. The number of nitrogens with zero attached hydrogens (tertiary/aromatic N) is 1. The van der Waals surface area contributed by atoms with Crippen molar-refractivity contribution in [1.29, 1.82) is 0 Å². The average Bonchev–Trinajstić information content (AvgIpc) is 2.89. The lowest BCUT2D eigenvalue weighted by atomic mass is 10.2. The number of aromatic nitrogens is 1. The van der Waals surface area contributed by atoms with E-state index in [1.807, 2.05) is 37.3 Å². The van der Waals surface area contributed by atoms with Gasteiger partial charge >= 0.3 is 0 Å². The van der Waals surface area contributed by atoms with E-state index in [0.29, 0.717) is 11.5 Å². The average molecular weight is 291 g/mol. The molecule has 0 fully saturated rings. The van der Waals surface area contributed by atoms with E-state index in [1.54, 1.807) is 0 Å². The van der Waals surface area contributed by atoms with Crippen LogP contribution in [-0.4, -0.2) is 10.9 Å². The predicted octanol–water partition coefficient (Wildman–Crippen LogP) is 2.28. The molecule has 0 unspecified atom stereocenters. The number of amides is 1. The molecule has 1 aromatic carbocycles. The van der Waals surface area contributed by atoms with Crippen molar-refractivity contribution in [2.24, 2.45) is 5.84 Å². The van der Waals surface area contributed by atoms with Crippen molar-refractivity contribution in [3.63, 3.8) is 0 Å². The molecule has 1 heterocycles. The van der Waals surface area contributed by atoms with Crippen molar-refractivity contribution in [2.45, 2.75) is 26.4 Å². The molecule has 0 saturated carbocycles. The fourth-order valence-corrected chi connectivity index (χ4v) is 2.70. The Morgan fingerprint density at radius 2 is 2.15 bits per heavy atom. The van der Waals surface area contributed by atoms with Crippen LogP contribution in [0.4, 0.5) is 0 Å². The minimum atomic E-state index is -0.295. The Labute approximate surface area is 121 Å². The van der Waals surface area contributed by atoms with Gasteiger partial charge in [0.25, 0.3) is 5.91 Å². The zero-order valence-electron chi connectivity index (χ0n) is 11.3. The topological polar surface area (TPSA) is 77.2 Å². The molecule has 0 aliphatic carbocycles. The first-order valence-electron chi connectivity index (χ1n) is 6.42. The van der Waals surface area contributed by atoms with Gasteiger partial charge in [0.2, 0.25) is 0 Å². The SMILES string of the molecule is CCCc1nc(COc2ccccc2)sc1C(=O)NN. The normalized spacial score (nSPS) is 10.3. The van der Waals surface area contributed by atoms with E-state index in [0.717, 1.165) is 29.3 Å². The van der Waals surface area contributed by atoms with E-state index in [2.05, 4.69) is 10.4 Å². The number of hydrogen-bond donors (Lipinski definition) is 2. The van der Waals surface area contributed by atoms with Gasteiger partial charge in [0.05, 0.1) is 5.69 Å². The summed E-state index contributed by atoms with van der Waals surface area (Å²) in [6.45, 7) is 2.40. The number of nitrogen functional groups attached to an aromatic ring is 1. The number of nitrogens with one attached hydrogen (secondary N) is 1. The quantitative estimate of drug-likeness (QED) is 0.486. The van der Waals surface area contributed by atoms with Gasteiger partial charge in [0.1, 0.15) is 22.2 Å². The zero-order chi connectivity index (χ0) is 14.4. The Morgan fingerprint density at radius 1 is 1.40 bits per heavy atom. The molecular weight excluding hydrogens is 274 g/mol. The third-order valence-corrected chi connectivity index (χ3v) is 3.74. The van der Waals surface area contributed by atoms with Crippen LogP contribution in [0.5, 0.6) is 5.75 Å². The van der Waals surface area contributed by atoms with E-state index in [-0.39, 0.29) is 5.91 Å². The summed E-state index contributed by atoms with van der Waals surface area (Å²) in [7, 11) is 0. The fourth-order valence-electron chi connectivity index (χ4n) is 1.77. The molecule has 0 radical (unpaired) electrons. The van der Waals surface area contributed by atoms with Gasteiger partial charge < -0.3 is 4.74 Å². The number of hydrogen-bond acceptors (Lipinski definition) is 5. The largest absolute Gasteiger partial charge is 0.486 e. The van der Waals surface area contributed by atoms with Gasteiger partial charge in [-0.15, -0.1) is 11.3 Å². The first kappa shape index (κ1) is 14.5. The van der Waals surface area contributed by atoms with Crippen LogP contribution in [0, 0.1) is 0 Å². The third kappa shape index (κ3) is 3.55. The van der Waals surface area contributed by atoms with E-state index in [1.165, 1.54) is 11.3 Å². The van der Waals surface area contributed by atoms with Crippen molar-refractivity contribution in [2.75, 3.05) is 0 Å². The van der Waals surface area contributed by atoms with Crippen LogP contribution in [0.15, 0.2) is 30.3 Å². The summed E-state index contributed by atoms with van der Waals surface area (Å²) in [5.41, 5.74) is 2.94. The second-order valence-electron chi connectivity index (χ2n) is 4.21.